The Hall–Kier alpha value is -1.83. The minimum atomic E-state index is -4.60. The predicted molar refractivity (Wildman–Crippen MR) is 124 cm³/mol. The minimum absolute atomic E-state index is 0.232. The zero-order valence-corrected chi connectivity index (χ0v) is 20.1. The lowest BCUT2D eigenvalue weighted by molar-refractivity contribution is 0.481. The van der Waals surface area contributed by atoms with Crippen molar-refractivity contribution in [1.29, 1.82) is 0 Å². The molecule has 3 aromatic rings. The summed E-state index contributed by atoms with van der Waals surface area (Å²) >= 11 is 4.80. The molecule has 0 aromatic heterocycles. The van der Waals surface area contributed by atoms with Crippen LogP contribution in [0.2, 0.25) is 0 Å². The van der Waals surface area contributed by atoms with E-state index in [9.17, 15) is 38.9 Å². The summed E-state index contributed by atoms with van der Waals surface area (Å²) in [5.41, 5.74) is 0. The van der Waals surface area contributed by atoms with Gasteiger partial charge in [-0.2, -0.15) is 25.3 Å². The van der Waals surface area contributed by atoms with Crippen molar-refractivity contribution in [2.45, 2.75) is 14.7 Å². The molecule has 14 heteroatoms. The van der Waals surface area contributed by atoms with Crippen LogP contribution < -0.4 is 15.9 Å². The van der Waals surface area contributed by atoms with Crippen LogP contribution in [0.5, 0.6) is 0 Å². The van der Waals surface area contributed by atoms with Gasteiger partial charge in [0.15, 0.2) is 6.46 Å². The van der Waals surface area contributed by atoms with Crippen molar-refractivity contribution in [2.75, 3.05) is 0 Å². The summed E-state index contributed by atoms with van der Waals surface area (Å²) in [6.07, 6.45) is 0. The zero-order valence-electron chi connectivity index (χ0n) is 15.8. The first-order valence-corrected chi connectivity index (χ1v) is 15.8. The largest absolute Gasteiger partial charge is 0.294 e. The van der Waals surface area contributed by atoms with Crippen molar-refractivity contribution in [2.24, 2.45) is 0 Å². The van der Waals surface area contributed by atoms with Gasteiger partial charge in [0.25, 0.3) is 30.4 Å². The van der Waals surface area contributed by atoms with Crippen molar-refractivity contribution < 1.29 is 38.9 Å². The third-order valence-corrected chi connectivity index (χ3v) is 12.2. The molecule has 3 aromatic carbocycles. The van der Waals surface area contributed by atoms with Gasteiger partial charge >= 0.3 is 0 Å². The first kappa shape index (κ1) is 24.8. The van der Waals surface area contributed by atoms with Gasteiger partial charge in [0, 0.05) is 30.4 Å². The third kappa shape index (κ3) is 5.05. The summed E-state index contributed by atoms with van der Waals surface area (Å²) in [6.45, 7) is -3.25. The SMILES string of the molecule is O=S(=O)(O)c1cccc([P+](S)(c2cccc(S(=O)(=O)O)c2)c2cccc(S(=O)(=O)O)c2)c1. The Morgan fingerprint density at radius 3 is 1.00 bits per heavy atom. The fraction of sp³-hybridized carbons (Fsp3) is 0. The minimum Gasteiger partial charge on any atom is -0.282 e. The monoisotopic (exact) mass is 535 g/mol. The van der Waals surface area contributed by atoms with Crippen LogP contribution in [0, 0.1) is 0 Å². The van der Waals surface area contributed by atoms with Crippen molar-refractivity contribution in [1.82, 2.24) is 0 Å². The van der Waals surface area contributed by atoms with Crippen LogP contribution in [-0.2, 0) is 30.4 Å². The molecule has 0 aliphatic rings. The molecule has 0 amide bonds. The maximum absolute atomic E-state index is 11.7. The molecule has 0 bridgehead atoms. The third-order valence-electron chi connectivity index (χ3n) is 4.47. The summed E-state index contributed by atoms with van der Waals surface area (Å²) in [5.74, 6) is 0. The second-order valence-corrected chi connectivity index (χ2v) is 15.4. The van der Waals surface area contributed by atoms with Gasteiger partial charge in [-0.05, 0) is 36.4 Å². The fourth-order valence-corrected chi connectivity index (χ4v) is 8.72. The standard InChI is InChI=1S/C18H15O9PS4/c19-30(20,21)16-7-1-4-13(10-16)28(29,14-5-2-8-17(11-14)31(22,23)24)15-6-3-9-18(12-15)32(25,26)27/h1-12,29H,(H2-,19,20,21,22,23,24,25,26,27)/p+1. The van der Waals surface area contributed by atoms with E-state index in [-0.39, 0.29) is 15.9 Å². The Morgan fingerprint density at radius 2 is 0.781 bits per heavy atom. The van der Waals surface area contributed by atoms with Crippen molar-refractivity contribution in [3.8, 4) is 0 Å². The fourth-order valence-electron chi connectivity index (χ4n) is 2.98. The molecule has 3 N–H and O–H groups in total. The van der Waals surface area contributed by atoms with Crippen molar-refractivity contribution in [3.05, 3.63) is 72.8 Å². The van der Waals surface area contributed by atoms with Gasteiger partial charge in [-0.25, -0.2) is 0 Å². The second-order valence-electron chi connectivity index (χ2n) is 6.55. The van der Waals surface area contributed by atoms with Crippen LogP contribution in [0.15, 0.2) is 87.5 Å². The molecule has 0 saturated carbocycles. The Labute approximate surface area is 190 Å². The van der Waals surface area contributed by atoms with E-state index in [1.807, 2.05) is 0 Å². The van der Waals surface area contributed by atoms with Crippen molar-refractivity contribution in [3.63, 3.8) is 0 Å². The van der Waals surface area contributed by atoms with E-state index < -0.39 is 51.5 Å². The summed E-state index contributed by atoms with van der Waals surface area (Å²) < 4.78 is 98.4. The maximum atomic E-state index is 11.7. The number of thiol groups is 1. The Bertz CT molecular complexity index is 1330. The highest BCUT2D eigenvalue weighted by Gasteiger charge is 2.44. The van der Waals surface area contributed by atoms with E-state index in [1.54, 1.807) is 0 Å². The average Bonchev–Trinajstić information content (AvgIpc) is 2.71. The lowest BCUT2D eigenvalue weighted by Crippen LogP contribution is -2.28. The number of rotatable bonds is 6. The van der Waals surface area contributed by atoms with Gasteiger partial charge < -0.3 is 0 Å². The number of hydrogen-bond acceptors (Lipinski definition) is 7. The lowest BCUT2D eigenvalue weighted by Gasteiger charge is -2.22. The average molecular weight is 536 g/mol. The maximum Gasteiger partial charge on any atom is 0.294 e. The summed E-state index contributed by atoms with van der Waals surface area (Å²) in [6, 6.07) is 15.3. The van der Waals surface area contributed by atoms with Gasteiger partial charge in [-0.1, -0.05) is 18.2 Å². The van der Waals surface area contributed by atoms with E-state index in [0.29, 0.717) is 0 Å². The van der Waals surface area contributed by atoms with Crippen LogP contribution >= 0.6 is 18.7 Å². The molecule has 0 aliphatic heterocycles. The Balaban J connectivity index is 2.41. The van der Waals surface area contributed by atoms with Crippen LogP contribution in [0.1, 0.15) is 0 Å². The van der Waals surface area contributed by atoms with E-state index >= 15 is 0 Å². The molecule has 0 radical (unpaired) electrons. The summed E-state index contributed by atoms with van der Waals surface area (Å²) in [7, 11) is -13.8. The summed E-state index contributed by atoms with van der Waals surface area (Å²) in [5, 5.41) is 0.697. The highest BCUT2D eigenvalue weighted by molar-refractivity contribution is 8.61. The van der Waals surface area contributed by atoms with Gasteiger partial charge in [0.1, 0.15) is 15.9 Å². The summed E-state index contributed by atoms with van der Waals surface area (Å²) in [4.78, 5) is -1.36. The molecule has 9 nitrogen and oxygen atoms in total. The first-order chi connectivity index (χ1) is 14.6. The molecule has 32 heavy (non-hydrogen) atoms. The smallest absolute Gasteiger partial charge is 0.282 e. The van der Waals surface area contributed by atoms with E-state index in [2.05, 4.69) is 0 Å². The zero-order chi connectivity index (χ0) is 23.9. The molecule has 170 valence electrons. The normalized spacial score (nSPS) is 13.1. The first-order valence-electron chi connectivity index (χ1n) is 8.50. The van der Waals surface area contributed by atoms with Crippen LogP contribution in [0.4, 0.5) is 0 Å². The Morgan fingerprint density at radius 1 is 0.531 bits per heavy atom. The molecule has 0 atom stereocenters. The molecule has 0 fully saturated rings. The highest BCUT2D eigenvalue weighted by atomic mass is 32.7. The molecule has 0 unspecified atom stereocenters. The van der Waals surface area contributed by atoms with E-state index in [1.165, 1.54) is 36.4 Å². The van der Waals surface area contributed by atoms with Gasteiger partial charge in [-0.3, -0.25) is 13.7 Å². The second kappa shape index (κ2) is 8.50. The van der Waals surface area contributed by atoms with E-state index in [4.69, 9.17) is 12.2 Å². The topological polar surface area (TPSA) is 163 Å². The molecule has 0 saturated heterocycles. The van der Waals surface area contributed by atoms with Gasteiger partial charge in [0.2, 0.25) is 0 Å². The molecule has 0 aliphatic carbocycles. The van der Waals surface area contributed by atoms with Gasteiger partial charge in [0.05, 0.1) is 14.7 Å². The Kier molecular flexibility index (Phi) is 6.59. The van der Waals surface area contributed by atoms with E-state index in [0.717, 1.165) is 36.4 Å². The van der Waals surface area contributed by atoms with Gasteiger partial charge in [-0.15, -0.1) is 0 Å². The quantitative estimate of drug-likeness (QED) is 0.208. The molecule has 3 rings (SSSR count). The molecular weight excluding hydrogens is 519 g/mol. The lowest BCUT2D eigenvalue weighted by atomic mass is 10.3. The predicted octanol–water partition coefficient (Wildman–Crippen LogP) is 1.57. The highest BCUT2D eigenvalue weighted by Crippen LogP contribution is 2.60. The molecule has 0 heterocycles. The van der Waals surface area contributed by atoms with Crippen LogP contribution in [0.3, 0.4) is 0 Å². The van der Waals surface area contributed by atoms with Crippen LogP contribution in [-0.4, -0.2) is 38.9 Å². The van der Waals surface area contributed by atoms with Crippen molar-refractivity contribution >= 4 is 65.0 Å². The number of hydrogen-bond donors (Lipinski definition) is 4. The molecule has 0 spiro atoms. The molecular formula is C18H16O9PS4+. The number of benzene rings is 3. The van der Waals surface area contributed by atoms with Crippen LogP contribution in [0.25, 0.3) is 0 Å².